The number of rotatable bonds is 3. The molecule has 1 amide bonds. The van der Waals surface area contributed by atoms with Crippen LogP contribution >= 0.6 is 11.6 Å². The minimum atomic E-state index is -0.0892. The monoisotopic (exact) mass is 368 g/mol. The van der Waals surface area contributed by atoms with E-state index in [1.165, 1.54) is 0 Å². The van der Waals surface area contributed by atoms with Gasteiger partial charge in [-0.1, -0.05) is 11.6 Å². The molecule has 26 heavy (non-hydrogen) atoms. The Labute approximate surface area is 156 Å². The summed E-state index contributed by atoms with van der Waals surface area (Å²) >= 11 is 5.98. The van der Waals surface area contributed by atoms with Crippen molar-refractivity contribution in [2.75, 3.05) is 18.6 Å². The molecule has 7 heteroatoms. The number of pyridine rings is 1. The van der Waals surface area contributed by atoms with Crippen LogP contribution in [0.25, 0.3) is 11.1 Å². The normalized spacial score (nSPS) is 16.5. The second-order valence-corrected chi connectivity index (χ2v) is 6.62. The largest absolute Gasteiger partial charge is 0.481 e. The van der Waals surface area contributed by atoms with Crippen molar-refractivity contribution >= 4 is 23.2 Å². The summed E-state index contributed by atoms with van der Waals surface area (Å²) in [5.41, 5.74) is 2.99. The maximum absolute atomic E-state index is 13.2. The summed E-state index contributed by atoms with van der Waals surface area (Å²) in [6, 6.07) is 11.0. The number of carbonyl (C=O) groups excluding carboxylic acids is 1. The molecular weight excluding hydrogens is 352 g/mol. The van der Waals surface area contributed by atoms with Crippen molar-refractivity contribution in [1.29, 1.82) is 0 Å². The highest BCUT2D eigenvalue weighted by Gasteiger charge is 2.33. The minimum absolute atomic E-state index is 0.0517. The predicted octanol–water partition coefficient (Wildman–Crippen LogP) is 3.83. The van der Waals surface area contributed by atoms with E-state index in [1.54, 1.807) is 47.3 Å². The first kappa shape index (κ1) is 16.6. The maximum Gasteiger partial charge on any atom is 0.277 e. The van der Waals surface area contributed by atoms with Gasteiger partial charge in [0.15, 0.2) is 0 Å². The van der Waals surface area contributed by atoms with Crippen molar-refractivity contribution in [1.82, 2.24) is 14.8 Å². The van der Waals surface area contributed by atoms with Crippen LogP contribution in [-0.2, 0) is 0 Å². The molecule has 2 aromatic heterocycles. The molecular formula is C19H17ClN4O2. The SMILES string of the molecule is COc1cc(-c2cnn3c2C(=O)N(c2ccc(Cl)cc2)C[C@@H]3C)ccn1. The zero-order chi connectivity index (χ0) is 18.3. The number of halogens is 1. The van der Waals surface area contributed by atoms with Crippen LogP contribution in [0.5, 0.6) is 5.88 Å². The summed E-state index contributed by atoms with van der Waals surface area (Å²) in [6.45, 7) is 2.59. The molecule has 0 spiro atoms. The van der Waals surface area contributed by atoms with Crippen LogP contribution in [-0.4, -0.2) is 34.3 Å². The van der Waals surface area contributed by atoms with Crippen LogP contribution in [0.2, 0.25) is 5.02 Å². The molecule has 0 aliphatic carbocycles. The van der Waals surface area contributed by atoms with Crippen LogP contribution in [0, 0.1) is 0 Å². The lowest BCUT2D eigenvalue weighted by Gasteiger charge is -2.32. The van der Waals surface area contributed by atoms with E-state index in [4.69, 9.17) is 16.3 Å². The molecule has 0 bridgehead atoms. The van der Waals surface area contributed by atoms with E-state index in [0.29, 0.717) is 23.1 Å². The third-order valence-corrected chi connectivity index (χ3v) is 4.75. The molecule has 3 aromatic rings. The Morgan fingerprint density at radius 2 is 2.00 bits per heavy atom. The number of fused-ring (bicyclic) bond motifs is 1. The second kappa shape index (κ2) is 6.46. The fourth-order valence-electron chi connectivity index (χ4n) is 3.21. The predicted molar refractivity (Wildman–Crippen MR) is 99.8 cm³/mol. The molecule has 4 rings (SSSR count). The van der Waals surface area contributed by atoms with E-state index >= 15 is 0 Å². The van der Waals surface area contributed by atoms with Gasteiger partial charge < -0.3 is 9.64 Å². The van der Waals surface area contributed by atoms with E-state index in [9.17, 15) is 4.79 Å². The molecule has 1 aliphatic rings. The summed E-state index contributed by atoms with van der Waals surface area (Å²) < 4.78 is 6.99. The Hall–Kier alpha value is -2.86. The van der Waals surface area contributed by atoms with Crippen molar-refractivity contribution in [3.8, 4) is 17.0 Å². The van der Waals surface area contributed by atoms with E-state index in [0.717, 1.165) is 16.8 Å². The number of hydrogen-bond acceptors (Lipinski definition) is 4. The first-order chi connectivity index (χ1) is 12.6. The molecule has 0 unspecified atom stereocenters. The average molecular weight is 369 g/mol. The Morgan fingerprint density at radius 3 is 2.73 bits per heavy atom. The second-order valence-electron chi connectivity index (χ2n) is 6.18. The van der Waals surface area contributed by atoms with E-state index in [-0.39, 0.29) is 11.9 Å². The Kier molecular flexibility index (Phi) is 4.12. The van der Waals surface area contributed by atoms with Crippen LogP contribution < -0.4 is 9.64 Å². The van der Waals surface area contributed by atoms with Gasteiger partial charge in [-0.2, -0.15) is 5.10 Å². The van der Waals surface area contributed by atoms with Crippen LogP contribution in [0.1, 0.15) is 23.5 Å². The lowest BCUT2D eigenvalue weighted by molar-refractivity contribution is 0.0954. The smallest absolute Gasteiger partial charge is 0.277 e. The van der Waals surface area contributed by atoms with Gasteiger partial charge in [-0.3, -0.25) is 9.48 Å². The van der Waals surface area contributed by atoms with Gasteiger partial charge in [0.2, 0.25) is 5.88 Å². The highest BCUT2D eigenvalue weighted by molar-refractivity contribution is 6.30. The minimum Gasteiger partial charge on any atom is -0.481 e. The average Bonchev–Trinajstić information content (AvgIpc) is 3.11. The van der Waals surface area contributed by atoms with Gasteiger partial charge in [0.1, 0.15) is 5.69 Å². The van der Waals surface area contributed by atoms with Gasteiger partial charge >= 0.3 is 0 Å². The number of aromatic nitrogens is 3. The number of anilines is 1. The molecule has 0 radical (unpaired) electrons. The molecule has 0 saturated carbocycles. The fraction of sp³-hybridized carbons (Fsp3) is 0.211. The van der Waals surface area contributed by atoms with Crippen LogP contribution in [0.15, 0.2) is 48.8 Å². The standard InChI is InChI=1S/C19H17ClN4O2/c1-12-11-23(15-5-3-14(20)4-6-15)19(25)18-16(10-22-24(12)18)13-7-8-21-17(9-13)26-2/h3-10,12H,11H2,1-2H3/t12-/m0/s1. The highest BCUT2D eigenvalue weighted by atomic mass is 35.5. The summed E-state index contributed by atoms with van der Waals surface area (Å²) in [7, 11) is 1.56. The third kappa shape index (κ3) is 2.72. The number of benzene rings is 1. The van der Waals surface area contributed by atoms with Gasteiger partial charge in [-0.05, 0) is 42.8 Å². The molecule has 3 heterocycles. The number of ether oxygens (including phenoxy) is 1. The topological polar surface area (TPSA) is 60.3 Å². The van der Waals surface area contributed by atoms with Crippen LogP contribution in [0.3, 0.4) is 0 Å². The molecule has 0 saturated heterocycles. The quantitative estimate of drug-likeness (QED) is 0.705. The first-order valence-corrected chi connectivity index (χ1v) is 8.61. The van der Waals surface area contributed by atoms with Crippen molar-refractivity contribution in [2.24, 2.45) is 0 Å². The Morgan fingerprint density at radius 1 is 1.23 bits per heavy atom. The molecule has 1 atom stereocenters. The Bertz CT molecular complexity index is 968. The van der Waals surface area contributed by atoms with Crippen molar-refractivity contribution in [3.63, 3.8) is 0 Å². The fourth-order valence-corrected chi connectivity index (χ4v) is 3.33. The number of methoxy groups -OCH3 is 1. The highest BCUT2D eigenvalue weighted by Crippen LogP contribution is 2.33. The summed E-state index contributed by atoms with van der Waals surface area (Å²) in [5.74, 6) is 0.405. The van der Waals surface area contributed by atoms with Crippen molar-refractivity contribution in [2.45, 2.75) is 13.0 Å². The van der Waals surface area contributed by atoms with Gasteiger partial charge in [0, 0.05) is 35.1 Å². The summed E-state index contributed by atoms with van der Waals surface area (Å²) in [4.78, 5) is 19.1. The molecule has 1 aromatic carbocycles. The first-order valence-electron chi connectivity index (χ1n) is 8.24. The zero-order valence-corrected chi connectivity index (χ0v) is 15.1. The van der Waals surface area contributed by atoms with Gasteiger partial charge in [0.05, 0.1) is 19.3 Å². The van der Waals surface area contributed by atoms with Gasteiger partial charge in [-0.15, -0.1) is 0 Å². The molecule has 132 valence electrons. The molecule has 0 N–H and O–H groups in total. The van der Waals surface area contributed by atoms with E-state index in [1.807, 2.05) is 25.1 Å². The number of hydrogen-bond donors (Lipinski definition) is 0. The lowest BCUT2D eigenvalue weighted by atomic mass is 10.0. The molecule has 6 nitrogen and oxygen atoms in total. The number of nitrogens with zero attached hydrogens (tertiary/aromatic N) is 4. The summed E-state index contributed by atoms with van der Waals surface area (Å²) in [6.07, 6.45) is 3.38. The van der Waals surface area contributed by atoms with Crippen molar-refractivity contribution in [3.05, 3.63) is 59.5 Å². The van der Waals surface area contributed by atoms with Crippen LogP contribution in [0.4, 0.5) is 5.69 Å². The van der Waals surface area contributed by atoms with Gasteiger partial charge in [0.25, 0.3) is 5.91 Å². The maximum atomic E-state index is 13.2. The number of carbonyl (C=O) groups is 1. The van der Waals surface area contributed by atoms with E-state index < -0.39 is 0 Å². The molecule has 1 aliphatic heterocycles. The lowest BCUT2D eigenvalue weighted by Crippen LogP contribution is -2.42. The van der Waals surface area contributed by atoms with E-state index in [2.05, 4.69) is 10.1 Å². The van der Waals surface area contributed by atoms with Gasteiger partial charge in [-0.25, -0.2) is 4.98 Å². The third-order valence-electron chi connectivity index (χ3n) is 4.50. The van der Waals surface area contributed by atoms with Crippen molar-refractivity contribution < 1.29 is 9.53 Å². The molecule has 0 fully saturated rings. The number of amides is 1. The zero-order valence-electron chi connectivity index (χ0n) is 14.4. The Balaban J connectivity index is 1.80. The summed E-state index contributed by atoms with van der Waals surface area (Å²) in [5, 5.41) is 5.09.